The summed E-state index contributed by atoms with van der Waals surface area (Å²) in [7, 11) is -0.126. The van der Waals surface area contributed by atoms with Crippen LogP contribution in [0, 0.1) is 27.7 Å². The van der Waals surface area contributed by atoms with Gasteiger partial charge in [0.1, 0.15) is 0 Å². The van der Waals surface area contributed by atoms with Crippen LogP contribution in [0.4, 0.5) is 5.13 Å². The van der Waals surface area contributed by atoms with Crippen LogP contribution in [-0.2, 0) is 16.3 Å². The van der Waals surface area contributed by atoms with E-state index in [4.69, 9.17) is 14.5 Å². The van der Waals surface area contributed by atoms with E-state index in [1.165, 1.54) is 0 Å². The van der Waals surface area contributed by atoms with E-state index in [-0.39, 0.29) is 5.25 Å². The van der Waals surface area contributed by atoms with Crippen molar-refractivity contribution in [3.8, 4) is 11.5 Å². The molecule has 1 aliphatic heterocycles. The first-order valence-electron chi connectivity index (χ1n) is 11.9. The third-order valence-electron chi connectivity index (χ3n) is 7.11. The van der Waals surface area contributed by atoms with Crippen molar-refractivity contribution in [2.24, 2.45) is 0 Å². The lowest BCUT2D eigenvalue weighted by molar-refractivity contribution is 0.354. The maximum Gasteiger partial charge on any atom is 0.185 e. The van der Waals surface area contributed by atoms with Gasteiger partial charge in [-0.05, 0) is 80.5 Å². The fourth-order valence-corrected chi connectivity index (χ4v) is 8.07. The SMILES string of the molecule is COc1ccc(Cc2csc(N3CCC(S(=O)(=O)c4c(C)c(C)cc(C)c4C)CC3)n2)cc1OC. The molecule has 0 N–H and O–H groups in total. The molecule has 0 atom stereocenters. The molecule has 0 bridgehead atoms. The molecule has 8 heteroatoms. The molecule has 35 heavy (non-hydrogen) atoms. The normalized spacial score (nSPS) is 14.9. The third kappa shape index (κ3) is 5.05. The van der Waals surface area contributed by atoms with Crippen molar-refractivity contribution in [2.45, 2.75) is 57.1 Å². The summed E-state index contributed by atoms with van der Waals surface area (Å²) in [5, 5.41) is 2.68. The molecule has 4 rings (SSSR count). The van der Waals surface area contributed by atoms with Gasteiger partial charge in [0.15, 0.2) is 26.5 Å². The van der Waals surface area contributed by atoms with Gasteiger partial charge >= 0.3 is 0 Å². The first-order valence-corrected chi connectivity index (χ1v) is 14.3. The second-order valence-electron chi connectivity index (χ2n) is 9.31. The molecule has 0 saturated carbocycles. The molecule has 1 aliphatic rings. The molecule has 188 valence electrons. The minimum atomic E-state index is -3.39. The molecule has 3 aromatic rings. The highest BCUT2D eigenvalue weighted by molar-refractivity contribution is 7.92. The molecule has 2 aromatic carbocycles. The molecule has 1 aromatic heterocycles. The van der Waals surface area contributed by atoms with Gasteiger partial charge in [-0.15, -0.1) is 11.3 Å². The zero-order chi connectivity index (χ0) is 25.3. The summed E-state index contributed by atoms with van der Waals surface area (Å²) in [6, 6.07) is 7.99. The average molecular weight is 515 g/mol. The minimum Gasteiger partial charge on any atom is -0.493 e. The van der Waals surface area contributed by atoms with Crippen LogP contribution >= 0.6 is 11.3 Å². The molecule has 2 heterocycles. The van der Waals surface area contributed by atoms with E-state index in [0.717, 1.165) is 38.6 Å². The van der Waals surface area contributed by atoms with Crippen molar-refractivity contribution in [2.75, 3.05) is 32.2 Å². The van der Waals surface area contributed by atoms with Crippen LogP contribution in [-0.4, -0.2) is 46.0 Å². The molecule has 1 fully saturated rings. The number of rotatable bonds is 7. The van der Waals surface area contributed by atoms with E-state index in [2.05, 4.69) is 16.3 Å². The van der Waals surface area contributed by atoms with E-state index in [9.17, 15) is 8.42 Å². The summed E-state index contributed by atoms with van der Waals surface area (Å²) >= 11 is 1.62. The summed E-state index contributed by atoms with van der Waals surface area (Å²) in [6.07, 6.45) is 1.92. The number of benzene rings is 2. The standard InChI is InChI=1S/C27H34N2O4S2/c1-17-13-18(2)20(4)26(19(17)3)35(30,31)23-9-11-29(12-10-23)27-28-22(16-34-27)14-21-7-8-24(32-5)25(15-21)33-6/h7-8,13,15-16,23H,9-12,14H2,1-6H3. The Kier molecular flexibility index (Phi) is 7.43. The summed E-state index contributed by atoms with van der Waals surface area (Å²) < 4.78 is 38.0. The molecule has 0 aliphatic carbocycles. The average Bonchev–Trinajstić information content (AvgIpc) is 3.31. The van der Waals surface area contributed by atoms with Gasteiger partial charge in [0.05, 0.1) is 30.1 Å². The zero-order valence-electron chi connectivity index (χ0n) is 21.3. The van der Waals surface area contributed by atoms with Gasteiger partial charge < -0.3 is 14.4 Å². The van der Waals surface area contributed by atoms with Crippen molar-refractivity contribution in [3.63, 3.8) is 0 Å². The summed E-state index contributed by atoms with van der Waals surface area (Å²) in [5.41, 5.74) is 5.94. The Balaban J connectivity index is 1.45. The predicted octanol–water partition coefficient (Wildman–Crippen LogP) is 5.43. The fourth-order valence-electron chi connectivity index (χ4n) is 4.85. The van der Waals surface area contributed by atoms with E-state index >= 15 is 0 Å². The van der Waals surface area contributed by atoms with Crippen LogP contribution in [0.3, 0.4) is 0 Å². The van der Waals surface area contributed by atoms with Crippen molar-refractivity contribution < 1.29 is 17.9 Å². The van der Waals surface area contributed by atoms with Gasteiger partial charge in [0.2, 0.25) is 0 Å². The summed E-state index contributed by atoms with van der Waals surface area (Å²) in [4.78, 5) is 7.61. The zero-order valence-corrected chi connectivity index (χ0v) is 23.0. The van der Waals surface area contributed by atoms with Gasteiger partial charge in [-0.2, -0.15) is 0 Å². The van der Waals surface area contributed by atoms with Crippen LogP contribution in [0.15, 0.2) is 34.5 Å². The number of aryl methyl sites for hydroxylation is 2. The maximum atomic E-state index is 13.6. The lowest BCUT2D eigenvalue weighted by atomic mass is 10.0. The van der Waals surface area contributed by atoms with Crippen LogP contribution in [0.1, 0.15) is 46.4 Å². The number of methoxy groups -OCH3 is 2. The van der Waals surface area contributed by atoms with Crippen LogP contribution in [0.5, 0.6) is 11.5 Å². The highest BCUT2D eigenvalue weighted by Gasteiger charge is 2.34. The van der Waals surface area contributed by atoms with Crippen LogP contribution in [0.25, 0.3) is 0 Å². The molecule has 0 unspecified atom stereocenters. The number of nitrogens with zero attached hydrogens (tertiary/aromatic N) is 2. The predicted molar refractivity (Wildman–Crippen MR) is 142 cm³/mol. The lowest BCUT2D eigenvalue weighted by Gasteiger charge is -2.32. The van der Waals surface area contributed by atoms with E-state index in [1.54, 1.807) is 25.6 Å². The molecular formula is C27H34N2O4S2. The Morgan fingerprint density at radius 2 is 1.60 bits per heavy atom. The minimum absolute atomic E-state index is 0.358. The second-order valence-corrected chi connectivity index (χ2v) is 12.3. The van der Waals surface area contributed by atoms with Gasteiger partial charge in [0, 0.05) is 24.9 Å². The third-order valence-corrected chi connectivity index (χ3v) is 10.6. The number of anilines is 1. The Morgan fingerprint density at radius 3 is 2.20 bits per heavy atom. The number of sulfone groups is 1. The smallest absolute Gasteiger partial charge is 0.185 e. The summed E-state index contributed by atoms with van der Waals surface area (Å²) in [5.74, 6) is 1.41. The number of hydrogen-bond donors (Lipinski definition) is 0. The largest absolute Gasteiger partial charge is 0.493 e. The first kappa shape index (κ1) is 25.5. The summed E-state index contributed by atoms with van der Waals surface area (Å²) in [6.45, 7) is 9.22. The molecular weight excluding hydrogens is 480 g/mol. The molecule has 0 spiro atoms. The van der Waals surface area contributed by atoms with Crippen molar-refractivity contribution in [3.05, 3.63) is 63.2 Å². The number of hydrogen-bond acceptors (Lipinski definition) is 7. The Hall–Kier alpha value is -2.58. The highest BCUT2D eigenvalue weighted by atomic mass is 32.2. The highest BCUT2D eigenvalue weighted by Crippen LogP contribution is 2.34. The number of aromatic nitrogens is 1. The second kappa shape index (κ2) is 10.2. The topological polar surface area (TPSA) is 68.7 Å². The van der Waals surface area contributed by atoms with Crippen molar-refractivity contribution in [1.29, 1.82) is 0 Å². The lowest BCUT2D eigenvalue weighted by Crippen LogP contribution is -2.39. The Bertz CT molecular complexity index is 1300. The van der Waals surface area contributed by atoms with Crippen LogP contribution < -0.4 is 14.4 Å². The van der Waals surface area contributed by atoms with E-state index in [1.807, 2.05) is 45.9 Å². The quantitative estimate of drug-likeness (QED) is 0.419. The van der Waals surface area contributed by atoms with Gasteiger partial charge in [-0.3, -0.25) is 0 Å². The molecule has 6 nitrogen and oxygen atoms in total. The van der Waals surface area contributed by atoms with Crippen molar-refractivity contribution >= 4 is 26.3 Å². The monoisotopic (exact) mass is 514 g/mol. The van der Waals surface area contributed by atoms with Gasteiger partial charge in [0.25, 0.3) is 0 Å². The molecule has 0 radical (unpaired) electrons. The van der Waals surface area contributed by atoms with Gasteiger partial charge in [-0.25, -0.2) is 13.4 Å². The Labute approximate surface area is 212 Å². The van der Waals surface area contributed by atoms with Crippen molar-refractivity contribution in [1.82, 2.24) is 4.98 Å². The van der Waals surface area contributed by atoms with E-state index < -0.39 is 9.84 Å². The molecule has 1 saturated heterocycles. The van der Waals surface area contributed by atoms with E-state index in [0.29, 0.717) is 48.7 Å². The number of ether oxygens (including phenoxy) is 2. The fraction of sp³-hybridized carbons (Fsp3) is 0.444. The number of piperidine rings is 1. The number of thiazole rings is 1. The maximum absolute atomic E-state index is 13.6. The molecule has 0 amide bonds. The van der Waals surface area contributed by atoms with Gasteiger partial charge in [-0.1, -0.05) is 12.1 Å². The van der Waals surface area contributed by atoms with Crippen LogP contribution in [0.2, 0.25) is 0 Å². The first-order chi connectivity index (χ1) is 16.6. The Morgan fingerprint density at radius 1 is 0.971 bits per heavy atom.